The summed E-state index contributed by atoms with van der Waals surface area (Å²) in [6.45, 7) is 5.51. The fourth-order valence-corrected chi connectivity index (χ4v) is 1.77. The Hall–Kier alpha value is -2.45. The van der Waals surface area contributed by atoms with Crippen molar-refractivity contribution in [2.45, 2.75) is 26.9 Å². The van der Waals surface area contributed by atoms with E-state index in [1.54, 1.807) is 11.6 Å². The fourth-order valence-electron chi connectivity index (χ4n) is 1.77. The van der Waals surface area contributed by atoms with Gasteiger partial charge in [0.25, 0.3) is 0 Å². The molecule has 0 unspecified atom stereocenters. The minimum Gasteiger partial charge on any atom is -0.357 e. The molecule has 2 heterocycles. The van der Waals surface area contributed by atoms with Crippen LogP contribution in [-0.4, -0.2) is 49.4 Å². The van der Waals surface area contributed by atoms with Crippen LogP contribution in [0.15, 0.2) is 15.8 Å². The van der Waals surface area contributed by atoms with E-state index in [-0.39, 0.29) is 0 Å². The molecule has 0 saturated carbocycles. The lowest BCUT2D eigenvalue weighted by Gasteiger charge is -2.21. The van der Waals surface area contributed by atoms with Gasteiger partial charge in [-0.05, 0) is 6.92 Å². The Morgan fingerprint density at radius 2 is 2.33 bits per heavy atom. The number of rotatable bonds is 5. The van der Waals surface area contributed by atoms with Crippen molar-refractivity contribution < 1.29 is 4.52 Å². The Balaban J connectivity index is 2.04. The van der Waals surface area contributed by atoms with Gasteiger partial charge in [0, 0.05) is 27.6 Å². The smallest absolute Gasteiger partial charge is 0.223 e. The molecule has 1 N–H and O–H groups in total. The molecule has 21 heavy (non-hydrogen) atoms. The average Bonchev–Trinajstić information content (AvgIpc) is 3.04. The molecular weight excluding hydrogens is 272 g/mol. The predicted octanol–water partition coefficient (Wildman–Crippen LogP) is 0.104. The summed E-state index contributed by atoms with van der Waals surface area (Å²) < 4.78 is 6.67. The van der Waals surface area contributed by atoms with Gasteiger partial charge in [0.1, 0.15) is 18.7 Å². The molecule has 0 aliphatic carbocycles. The van der Waals surface area contributed by atoms with Crippen LogP contribution in [0.4, 0.5) is 0 Å². The van der Waals surface area contributed by atoms with Gasteiger partial charge in [-0.2, -0.15) is 10.1 Å². The molecule has 0 radical (unpaired) electrons. The maximum absolute atomic E-state index is 4.93. The van der Waals surface area contributed by atoms with E-state index in [9.17, 15) is 0 Å². The Morgan fingerprint density at radius 1 is 1.52 bits per heavy atom. The van der Waals surface area contributed by atoms with E-state index in [0.29, 0.717) is 24.8 Å². The molecule has 0 aromatic carbocycles. The Kier molecular flexibility index (Phi) is 4.85. The van der Waals surface area contributed by atoms with E-state index in [0.717, 1.165) is 18.3 Å². The zero-order chi connectivity index (χ0) is 15.2. The molecule has 0 spiro atoms. The zero-order valence-electron chi connectivity index (χ0n) is 12.7. The predicted molar refractivity (Wildman–Crippen MR) is 76.3 cm³/mol. The molecule has 0 amide bonds. The van der Waals surface area contributed by atoms with Gasteiger partial charge in [0.2, 0.25) is 5.89 Å². The molecule has 2 rings (SSSR count). The standard InChI is InChI=1S/C12H20N8O/c1-5-13-12(14-6-10-17-9(2)21-18-10)19(3)7-11-15-8-16-20(11)4/h8H,5-7H2,1-4H3,(H,13,14). The number of hydrogen-bond acceptors (Lipinski definition) is 6. The van der Waals surface area contributed by atoms with Crippen molar-refractivity contribution in [3.05, 3.63) is 23.9 Å². The molecule has 9 nitrogen and oxygen atoms in total. The molecule has 0 aliphatic heterocycles. The monoisotopic (exact) mass is 292 g/mol. The van der Waals surface area contributed by atoms with Gasteiger partial charge in [-0.25, -0.2) is 9.98 Å². The molecule has 0 aliphatic rings. The Morgan fingerprint density at radius 3 is 2.90 bits per heavy atom. The van der Waals surface area contributed by atoms with Crippen LogP contribution >= 0.6 is 0 Å². The topological polar surface area (TPSA) is 97.3 Å². The number of aliphatic imine (C=N–C) groups is 1. The number of hydrogen-bond donors (Lipinski definition) is 1. The van der Waals surface area contributed by atoms with Gasteiger partial charge < -0.3 is 14.7 Å². The van der Waals surface area contributed by atoms with Crippen LogP contribution in [0.5, 0.6) is 0 Å². The van der Waals surface area contributed by atoms with Crippen LogP contribution < -0.4 is 5.32 Å². The van der Waals surface area contributed by atoms with Gasteiger partial charge >= 0.3 is 0 Å². The molecule has 114 valence electrons. The highest BCUT2D eigenvalue weighted by atomic mass is 16.5. The fraction of sp³-hybridized carbons (Fsp3) is 0.583. The minimum atomic E-state index is 0.364. The van der Waals surface area contributed by atoms with Crippen LogP contribution in [0.25, 0.3) is 0 Å². The van der Waals surface area contributed by atoms with Gasteiger partial charge in [-0.15, -0.1) is 0 Å². The lowest BCUT2D eigenvalue weighted by atomic mass is 10.5. The molecule has 0 saturated heterocycles. The first-order valence-electron chi connectivity index (χ1n) is 6.71. The molecule has 2 aromatic rings. The van der Waals surface area contributed by atoms with Gasteiger partial charge in [0.05, 0.1) is 6.54 Å². The molecular formula is C12H20N8O. The SMILES string of the molecule is CCNC(=NCc1noc(C)n1)N(C)Cc1ncnn1C. The number of nitrogens with zero attached hydrogens (tertiary/aromatic N) is 7. The van der Waals surface area contributed by atoms with Crippen LogP contribution in [0, 0.1) is 6.92 Å². The summed E-state index contributed by atoms with van der Waals surface area (Å²) in [5, 5.41) is 11.1. The second-order valence-electron chi connectivity index (χ2n) is 4.56. The number of aryl methyl sites for hydroxylation is 2. The summed E-state index contributed by atoms with van der Waals surface area (Å²) in [6.07, 6.45) is 1.54. The maximum atomic E-state index is 4.93. The van der Waals surface area contributed by atoms with E-state index >= 15 is 0 Å². The molecule has 9 heteroatoms. The Bertz CT molecular complexity index is 602. The lowest BCUT2D eigenvalue weighted by molar-refractivity contribution is 0.387. The normalized spacial score (nSPS) is 11.7. The van der Waals surface area contributed by atoms with Crippen molar-refractivity contribution in [2.75, 3.05) is 13.6 Å². The van der Waals surface area contributed by atoms with Crippen molar-refractivity contribution >= 4 is 5.96 Å². The Labute approximate surface area is 123 Å². The van der Waals surface area contributed by atoms with E-state index in [2.05, 4.69) is 30.5 Å². The average molecular weight is 292 g/mol. The van der Waals surface area contributed by atoms with E-state index in [1.807, 2.05) is 25.9 Å². The van der Waals surface area contributed by atoms with E-state index in [1.165, 1.54) is 6.33 Å². The van der Waals surface area contributed by atoms with Crippen LogP contribution in [0.3, 0.4) is 0 Å². The third kappa shape index (κ3) is 4.01. The summed E-state index contributed by atoms with van der Waals surface area (Å²) in [4.78, 5) is 14.8. The molecule has 2 aromatic heterocycles. The highest BCUT2D eigenvalue weighted by molar-refractivity contribution is 5.79. The summed E-state index contributed by atoms with van der Waals surface area (Å²) in [5.41, 5.74) is 0. The molecule has 0 atom stereocenters. The summed E-state index contributed by atoms with van der Waals surface area (Å²) >= 11 is 0. The first-order valence-corrected chi connectivity index (χ1v) is 6.71. The van der Waals surface area contributed by atoms with Crippen molar-refractivity contribution in [1.29, 1.82) is 0 Å². The quantitative estimate of drug-likeness (QED) is 0.616. The second kappa shape index (κ2) is 6.82. The van der Waals surface area contributed by atoms with Crippen molar-refractivity contribution in [1.82, 2.24) is 35.1 Å². The van der Waals surface area contributed by atoms with E-state index < -0.39 is 0 Å². The van der Waals surface area contributed by atoms with E-state index in [4.69, 9.17) is 4.52 Å². The highest BCUT2D eigenvalue weighted by Gasteiger charge is 2.10. The van der Waals surface area contributed by atoms with Gasteiger partial charge in [-0.1, -0.05) is 5.16 Å². The number of nitrogens with one attached hydrogen (secondary N) is 1. The highest BCUT2D eigenvalue weighted by Crippen LogP contribution is 2.01. The maximum Gasteiger partial charge on any atom is 0.223 e. The first-order chi connectivity index (χ1) is 10.1. The second-order valence-corrected chi connectivity index (χ2v) is 4.56. The summed E-state index contributed by atoms with van der Waals surface area (Å²) in [7, 11) is 3.81. The largest absolute Gasteiger partial charge is 0.357 e. The lowest BCUT2D eigenvalue weighted by Crippen LogP contribution is -2.39. The minimum absolute atomic E-state index is 0.364. The van der Waals surface area contributed by atoms with Crippen LogP contribution in [-0.2, 0) is 20.1 Å². The van der Waals surface area contributed by atoms with Crippen molar-refractivity contribution in [2.24, 2.45) is 12.0 Å². The third-order valence-corrected chi connectivity index (χ3v) is 2.82. The van der Waals surface area contributed by atoms with Crippen molar-refractivity contribution in [3.63, 3.8) is 0 Å². The summed E-state index contributed by atoms with van der Waals surface area (Å²) in [5.74, 6) is 2.72. The number of guanidine groups is 1. The van der Waals surface area contributed by atoms with Crippen LogP contribution in [0.1, 0.15) is 24.5 Å². The van der Waals surface area contributed by atoms with Crippen LogP contribution in [0.2, 0.25) is 0 Å². The zero-order valence-corrected chi connectivity index (χ0v) is 12.7. The van der Waals surface area contributed by atoms with Gasteiger partial charge in [0.15, 0.2) is 11.8 Å². The number of aromatic nitrogens is 5. The third-order valence-electron chi connectivity index (χ3n) is 2.82. The molecule has 0 bridgehead atoms. The first kappa shape index (κ1) is 14.9. The van der Waals surface area contributed by atoms with Gasteiger partial charge in [-0.3, -0.25) is 4.68 Å². The summed E-state index contributed by atoms with van der Waals surface area (Å²) in [6, 6.07) is 0. The molecule has 0 fully saturated rings. The van der Waals surface area contributed by atoms with Crippen molar-refractivity contribution in [3.8, 4) is 0 Å².